The van der Waals surface area contributed by atoms with Crippen LogP contribution in [0.3, 0.4) is 0 Å². The van der Waals surface area contributed by atoms with Crippen LogP contribution in [0.25, 0.3) is 0 Å². The van der Waals surface area contributed by atoms with Crippen molar-refractivity contribution in [3.8, 4) is 0 Å². The Balaban J connectivity index is 1.80. The van der Waals surface area contributed by atoms with Gasteiger partial charge in [0.05, 0.1) is 12.1 Å². The lowest BCUT2D eigenvalue weighted by molar-refractivity contribution is -0.138. The number of hydrogen-bond donors (Lipinski definition) is 0. The summed E-state index contributed by atoms with van der Waals surface area (Å²) in [6.45, 7) is 0. The fourth-order valence-corrected chi connectivity index (χ4v) is 2.26. The first kappa shape index (κ1) is 13.2. The number of nitrogens with zero attached hydrogens (tertiary/aromatic N) is 3. The summed E-state index contributed by atoms with van der Waals surface area (Å²) in [6.07, 6.45) is 4.91. The minimum atomic E-state index is -0.437. The van der Waals surface area contributed by atoms with Crippen molar-refractivity contribution < 1.29 is 9.59 Å². The summed E-state index contributed by atoms with van der Waals surface area (Å²) in [7, 11) is 0. The van der Waals surface area contributed by atoms with Gasteiger partial charge in [0.1, 0.15) is 0 Å². The average molecular weight is 279 g/mol. The molecule has 1 fully saturated rings. The Hall–Kier alpha value is -2.82. The maximum Gasteiger partial charge on any atom is 0.257 e. The third kappa shape index (κ3) is 2.72. The first-order valence-corrected chi connectivity index (χ1v) is 6.61. The lowest BCUT2D eigenvalue weighted by Crippen LogP contribution is -2.24. The summed E-state index contributed by atoms with van der Waals surface area (Å²) < 4.78 is 0. The second-order valence-corrected chi connectivity index (χ2v) is 4.74. The molecular formula is C16H13N3O2. The molecule has 1 aliphatic heterocycles. The molecule has 1 aliphatic rings. The number of rotatable bonds is 3. The molecule has 0 spiro atoms. The number of benzene rings is 1. The van der Waals surface area contributed by atoms with Crippen molar-refractivity contribution in [1.82, 2.24) is 9.99 Å². The van der Waals surface area contributed by atoms with E-state index in [-0.39, 0.29) is 18.2 Å². The minimum Gasteiger partial charge on any atom is -0.272 e. The summed E-state index contributed by atoms with van der Waals surface area (Å²) in [5, 5.41) is 4.97. The van der Waals surface area contributed by atoms with Crippen LogP contribution in [0.4, 0.5) is 0 Å². The number of hydrogen-bond acceptors (Lipinski definition) is 4. The molecule has 0 bridgehead atoms. The number of pyridine rings is 1. The highest BCUT2D eigenvalue weighted by molar-refractivity contribution is 6.06. The predicted octanol–water partition coefficient (Wildman–Crippen LogP) is 1.96. The molecule has 5 heteroatoms. The van der Waals surface area contributed by atoms with Crippen LogP contribution in [0.15, 0.2) is 60.0 Å². The molecule has 1 aromatic carbocycles. The first-order chi connectivity index (χ1) is 10.3. The summed E-state index contributed by atoms with van der Waals surface area (Å²) in [6, 6.07) is 12.8. The zero-order valence-electron chi connectivity index (χ0n) is 11.2. The van der Waals surface area contributed by atoms with Crippen LogP contribution in [-0.4, -0.2) is 28.0 Å². The molecule has 0 saturated carbocycles. The Labute approximate surface area is 121 Å². The van der Waals surface area contributed by atoms with E-state index in [4.69, 9.17) is 0 Å². The molecule has 3 rings (SSSR count). The van der Waals surface area contributed by atoms with E-state index in [2.05, 4.69) is 10.1 Å². The van der Waals surface area contributed by atoms with Crippen LogP contribution in [0.1, 0.15) is 23.5 Å². The maximum absolute atomic E-state index is 12.3. The number of amides is 2. The van der Waals surface area contributed by atoms with Crippen molar-refractivity contribution in [1.29, 1.82) is 0 Å². The van der Waals surface area contributed by atoms with Gasteiger partial charge in [-0.1, -0.05) is 30.3 Å². The van der Waals surface area contributed by atoms with Gasteiger partial charge in [0.2, 0.25) is 0 Å². The topological polar surface area (TPSA) is 62.6 Å². The molecule has 1 unspecified atom stereocenters. The van der Waals surface area contributed by atoms with E-state index >= 15 is 0 Å². The highest BCUT2D eigenvalue weighted by atomic mass is 16.2. The van der Waals surface area contributed by atoms with Crippen molar-refractivity contribution in [3.63, 3.8) is 0 Å². The van der Waals surface area contributed by atoms with Gasteiger partial charge in [-0.05, 0) is 23.3 Å². The maximum atomic E-state index is 12.3. The number of carbonyl (C=O) groups excluding carboxylic acids is 2. The number of imide groups is 1. The standard InChI is InChI=1S/C16H13N3O2/c20-15-10-14(13-4-2-1-3-5-13)16(21)19(15)18-11-12-6-8-17-9-7-12/h1-9,11,14H,10H2/b18-11+. The zero-order valence-corrected chi connectivity index (χ0v) is 11.2. The van der Waals surface area contributed by atoms with Gasteiger partial charge >= 0.3 is 0 Å². The van der Waals surface area contributed by atoms with E-state index in [9.17, 15) is 9.59 Å². The lowest BCUT2D eigenvalue weighted by atomic mass is 9.98. The summed E-state index contributed by atoms with van der Waals surface area (Å²) >= 11 is 0. The van der Waals surface area contributed by atoms with Crippen molar-refractivity contribution in [2.75, 3.05) is 0 Å². The third-order valence-corrected chi connectivity index (χ3v) is 3.35. The van der Waals surface area contributed by atoms with E-state index in [1.165, 1.54) is 6.21 Å². The zero-order chi connectivity index (χ0) is 14.7. The highest BCUT2D eigenvalue weighted by Gasteiger charge is 2.39. The molecule has 2 aromatic rings. The molecule has 1 atom stereocenters. The number of hydrazone groups is 1. The molecule has 0 radical (unpaired) electrons. The second kappa shape index (κ2) is 5.66. The smallest absolute Gasteiger partial charge is 0.257 e. The van der Waals surface area contributed by atoms with Gasteiger partial charge in [0.15, 0.2) is 0 Å². The molecule has 1 saturated heterocycles. The largest absolute Gasteiger partial charge is 0.272 e. The molecule has 0 aliphatic carbocycles. The summed E-state index contributed by atoms with van der Waals surface area (Å²) in [5.41, 5.74) is 1.63. The van der Waals surface area contributed by atoms with Crippen LogP contribution in [0, 0.1) is 0 Å². The molecule has 104 valence electrons. The summed E-state index contributed by atoms with van der Waals surface area (Å²) in [4.78, 5) is 28.2. The Bertz CT molecular complexity index is 683. The normalized spacial score (nSPS) is 18.7. The first-order valence-electron chi connectivity index (χ1n) is 6.61. The van der Waals surface area contributed by atoms with Crippen LogP contribution in [-0.2, 0) is 9.59 Å². The van der Waals surface area contributed by atoms with Crippen molar-refractivity contribution in [3.05, 3.63) is 66.0 Å². The van der Waals surface area contributed by atoms with Gasteiger partial charge in [-0.15, -0.1) is 0 Å². The highest BCUT2D eigenvalue weighted by Crippen LogP contribution is 2.29. The van der Waals surface area contributed by atoms with Gasteiger partial charge in [0.25, 0.3) is 11.8 Å². The van der Waals surface area contributed by atoms with Gasteiger partial charge in [-0.3, -0.25) is 14.6 Å². The molecular weight excluding hydrogens is 266 g/mol. The molecule has 2 heterocycles. The van der Waals surface area contributed by atoms with Crippen LogP contribution in [0.2, 0.25) is 0 Å². The Morgan fingerprint density at radius 1 is 1.10 bits per heavy atom. The molecule has 0 N–H and O–H groups in total. The Morgan fingerprint density at radius 2 is 1.81 bits per heavy atom. The predicted molar refractivity (Wildman–Crippen MR) is 77.5 cm³/mol. The van der Waals surface area contributed by atoms with E-state index in [1.54, 1.807) is 24.5 Å². The van der Waals surface area contributed by atoms with Gasteiger partial charge in [0, 0.05) is 18.8 Å². The van der Waals surface area contributed by atoms with E-state index in [0.29, 0.717) is 0 Å². The van der Waals surface area contributed by atoms with Crippen molar-refractivity contribution >= 4 is 18.0 Å². The van der Waals surface area contributed by atoms with Gasteiger partial charge in [-0.2, -0.15) is 10.1 Å². The minimum absolute atomic E-state index is 0.163. The van der Waals surface area contributed by atoms with E-state index in [1.807, 2.05) is 30.3 Å². The Morgan fingerprint density at radius 3 is 2.52 bits per heavy atom. The summed E-state index contributed by atoms with van der Waals surface area (Å²) in [5.74, 6) is -0.996. The second-order valence-electron chi connectivity index (χ2n) is 4.74. The van der Waals surface area contributed by atoms with Crippen molar-refractivity contribution in [2.24, 2.45) is 5.10 Å². The molecule has 5 nitrogen and oxygen atoms in total. The fourth-order valence-electron chi connectivity index (χ4n) is 2.26. The van der Waals surface area contributed by atoms with Gasteiger partial charge < -0.3 is 0 Å². The number of carbonyl (C=O) groups is 2. The molecule has 21 heavy (non-hydrogen) atoms. The van der Waals surface area contributed by atoms with Crippen molar-refractivity contribution in [2.45, 2.75) is 12.3 Å². The average Bonchev–Trinajstić information content (AvgIpc) is 2.82. The van der Waals surface area contributed by atoms with E-state index in [0.717, 1.165) is 16.1 Å². The van der Waals surface area contributed by atoms with Crippen LogP contribution >= 0.6 is 0 Å². The SMILES string of the molecule is O=C1CC(c2ccccc2)C(=O)N1/N=C/c1ccncc1. The third-order valence-electron chi connectivity index (χ3n) is 3.35. The monoisotopic (exact) mass is 279 g/mol. The van der Waals surface area contributed by atoms with E-state index < -0.39 is 5.92 Å². The lowest BCUT2D eigenvalue weighted by Gasteiger charge is -2.08. The van der Waals surface area contributed by atoms with Gasteiger partial charge in [-0.25, -0.2) is 0 Å². The molecule has 2 amide bonds. The number of aromatic nitrogens is 1. The van der Waals surface area contributed by atoms with Crippen LogP contribution < -0.4 is 0 Å². The quantitative estimate of drug-likeness (QED) is 0.637. The Kier molecular flexibility index (Phi) is 3.55. The fraction of sp³-hybridized carbons (Fsp3) is 0.125. The van der Waals surface area contributed by atoms with Crippen LogP contribution in [0.5, 0.6) is 0 Å². The molecule has 1 aromatic heterocycles.